The highest BCUT2D eigenvalue weighted by Gasteiger charge is 2.30. The predicted octanol–water partition coefficient (Wildman–Crippen LogP) is 0.501. The SMILES string of the molecule is CN1CCCC1c1onc2oc(=O)c(=O)oc12. The van der Waals surface area contributed by atoms with E-state index in [-0.39, 0.29) is 17.3 Å². The van der Waals surface area contributed by atoms with Gasteiger partial charge in [-0.2, -0.15) is 0 Å². The van der Waals surface area contributed by atoms with Gasteiger partial charge in [0.25, 0.3) is 0 Å². The molecule has 0 aliphatic carbocycles. The van der Waals surface area contributed by atoms with Gasteiger partial charge in [-0.15, -0.1) is 0 Å². The van der Waals surface area contributed by atoms with Gasteiger partial charge in [0.2, 0.25) is 11.3 Å². The average molecular weight is 238 g/mol. The molecule has 0 spiro atoms. The molecule has 0 amide bonds. The molecule has 1 unspecified atom stereocenters. The Labute approximate surface area is 94.6 Å². The molecule has 3 heterocycles. The Morgan fingerprint density at radius 3 is 2.76 bits per heavy atom. The van der Waals surface area contributed by atoms with Crippen LogP contribution in [0.25, 0.3) is 11.3 Å². The first-order chi connectivity index (χ1) is 8.16. The van der Waals surface area contributed by atoms with Crippen LogP contribution in [0.5, 0.6) is 0 Å². The molecule has 1 fully saturated rings. The van der Waals surface area contributed by atoms with Crippen LogP contribution in [-0.2, 0) is 0 Å². The Morgan fingerprint density at radius 2 is 2.06 bits per heavy atom. The molecule has 0 radical (unpaired) electrons. The summed E-state index contributed by atoms with van der Waals surface area (Å²) in [5.41, 5.74) is -2.04. The Hall–Kier alpha value is -1.89. The number of fused-ring (bicyclic) bond motifs is 1. The first-order valence-electron chi connectivity index (χ1n) is 5.30. The van der Waals surface area contributed by atoms with E-state index in [1.165, 1.54) is 0 Å². The number of likely N-dealkylation sites (tertiary alicyclic amines) is 1. The van der Waals surface area contributed by atoms with Crippen LogP contribution in [0, 0.1) is 0 Å². The molecule has 7 heteroatoms. The number of aromatic nitrogens is 1. The smallest absolute Gasteiger partial charge is 0.408 e. The Balaban J connectivity index is 2.21. The molecule has 0 bridgehead atoms. The number of rotatable bonds is 1. The van der Waals surface area contributed by atoms with Crippen LogP contribution in [0.1, 0.15) is 24.6 Å². The van der Waals surface area contributed by atoms with Crippen molar-refractivity contribution in [3.8, 4) is 0 Å². The van der Waals surface area contributed by atoms with Crippen molar-refractivity contribution in [1.82, 2.24) is 10.1 Å². The molecule has 1 aliphatic heterocycles. The van der Waals surface area contributed by atoms with E-state index in [1.807, 2.05) is 7.05 Å². The van der Waals surface area contributed by atoms with E-state index < -0.39 is 11.3 Å². The predicted molar refractivity (Wildman–Crippen MR) is 55.7 cm³/mol. The lowest BCUT2D eigenvalue weighted by molar-refractivity contribution is 0.251. The van der Waals surface area contributed by atoms with Crippen LogP contribution in [0.2, 0.25) is 0 Å². The highest BCUT2D eigenvalue weighted by molar-refractivity contribution is 5.67. The second-order valence-electron chi connectivity index (χ2n) is 4.10. The Bertz CT molecular complexity index is 667. The van der Waals surface area contributed by atoms with Crippen LogP contribution in [0.15, 0.2) is 22.9 Å². The van der Waals surface area contributed by atoms with Gasteiger partial charge in [-0.05, 0) is 31.6 Å². The standard InChI is InChI=1S/C10H10N2O5/c1-12-4-2-3-5(12)6-7-8(11-17-6)16-10(14)9(13)15-7/h5H,2-4H2,1H3. The fraction of sp³-hybridized carbons (Fsp3) is 0.500. The zero-order valence-electron chi connectivity index (χ0n) is 9.13. The highest BCUT2D eigenvalue weighted by Crippen LogP contribution is 2.33. The van der Waals surface area contributed by atoms with Crippen LogP contribution in [0.4, 0.5) is 0 Å². The molecule has 90 valence electrons. The average Bonchev–Trinajstić information content (AvgIpc) is 2.86. The molecule has 0 aromatic carbocycles. The molecule has 17 heavy (non-hydrogen) atoms. The minimum atomic E-state index is -1.07. The van der Waals surface area contributed by atoms with E-state index >= 15 is 0 Å². The number of hydrogen-bond acceptors (Lipinski definition) is 7. The van der Waals surface area contributed by atoms with E-state index in [0.717, 1.165) is 19.4 Å². The molecular formula is C10H10N2O5. The van der Waals surface area contributed by atoms with E-state index in [9.17, 15) is 9.59 Å². The summed E-state index contributed by atoms with van der Waals surface area (Å²) >= 11 is 0. The molecular weight excluding hydrogens is 228 g/mol. The quantitative estimate of drug-likeness (QED) is 0.668. The van der Waals surface area contributed by atoms with Crippen molar-refractivity contribution in [2.45, 2.75) is 18.9 Å². The summed E-state index contributed by atoms with van der Waals surface area (Å²) in [5, 5.41) is 3.60. The van der Waals surface area contributed by atoms with Crippen LogP contribution in [-0.4, -0.2) is 23.6 Å². The largest absolute Gasteiger partial charge is 0.424 e. The van der Waals surface area contributed by atoms with Gasteiger partial charge in [-0.3, -0.25) is 4.90 Å². The van der Waals surface area contributed by atoms with E-state index in [2.05, 4.69) is 14.5 Å². The van der Waals surface area contributed by atoms with Gasteiger partial charge in [0.05, 0.1) is 6.04 Å². The van der Waals surface area contributed by atoms with Crippen molar-refractivity contribution in [3.05, 3.63) is 26.6 Å². The van der Waals surface area contributed by atoms with Gasteiger partial charge in [0.1, 0.15) is 0 Å². The minimum Gasteiger partial charge on any atom is -0.408 e. The third kappa shape index (κ3) is 1.50. The topological polar surface area (TPSA) is 89.7 Å². The fourth-order valence-electron chi connectivity index (χ4n) is 2.16. The maximum atomic E-state index is 11.1. The summed E-state index contributed by atoms with van der Waals surface area (Å²) in [6, 6.07) is 0.0100. The van der Waals surface area contributed by atoms with Crippen molar-refractivity contribution in [3.63, 3.8) is 0 Å². The highest BCUT2D eigenvalue weighted by atomic mass is 16.5. The normalized spacial score (nSPS) is 21.4. The molecule has 1 saturated heterocycles. The van der Waals surface area contributed by atoms with Crippen LogP contribution >= 0.6 is 0 Å². The van der Waals surface area contributed by atoms with Crippen molar-refractivity contribution >= 4 is 11.3 Å². The summed E-state index contributed by atoms with van der Waals surface area (Å²) in [4.78, 5) is 24.2. The molecule has 7 nitrogen and oxygen atoms in total. The first kappa shape index (κ1) is 10.3. The zero-order chi connectivity index (χ0) is 12.0. The van der Waals surface area contributed by atoms with Crippen LogP contribution in [0.3, 0.4) is 0 Å². The fourth-order valence-corrected chi connectivity index (χ4v) is 2.16. The van der Waals surface area contributed by atoms with Crippen LogP contribution < -0.4 is 11.3 Å². The monoisotopic (exact) mass is 238 g/mol. The molecule has 1 atom stereocenters. The lowest BCUT2D eigenvalue weighted by atomic mass is 10.1. The van der Waals surface area contributed by atoms with Gasteiger partial charge in [0, 0.05) is 0 Å². The van der Waals surface area contributed by atoms with Gasteiger partial charge in [-0.1, -0.05) is 0 Å². The van der Waals surface area contributed by atoms with Crippen molar-refractivity contribution in [2.24, 2.45) is 0 Å². The molecule has 2 aromatic heterocycles. The van der Waals surface area contributed by atoms with Crippen molar-refractivity contribution in [1.29, 1.82) is 0 Å². The minimum absolute atomic E-state index is 0.0100. The van der Waals surface area contributed by atoms with Gasteiger partial charge >= 0.3 is 17.0 Å². The molecule has 3 rings (SSSR count). The maximum absolute atomic E-state index is 11.1. The van der Waals surface area contributed by atoms with Gasteiger partial charge < -0.3 is 13.4 Å². The second-order valence-corrected chi connectivity index (χ2v) is 4.10. The van der Waals surface area contributed by atoms with E-state index in [4.69, 9.17) is 8.94 Å². The van der Waals surface area contributed by atoms with Gasteiger partial charge in [-0.25, -0.2) is 9.59 Å². The second kappa shape index (κ2) is 3.56. The summed E-state index contributed by atoms with van der Waals surface area (Å²) in [7, 11) is 1.95. The Kier molecular flexibility index (Phi) is 2.15. The lowest BCUT2D eigenvalue weighted by Crippen LogP contribution is -2.21. The summed E-state index contributed by atoms with van der Waals surface area (Å²) < 4.78 is 14.7. The number of hydrogen-bond donors (Lipinski definition) is 0. The molecule has 0 N–H and O–H groups in total. The molecule has 2 aromatic rings. The third-order valence-corrected chi connectivity index (χ3v) is 3.02. The van der Waals surface area contributed by atoms with Gasteiger partial charge in [0.15, 0.2) is 0 Å². The van der Waals surface area contributed by atoms with Crippen molar-refractivity contribution in [2.75, 3.05) is 13.6 Å². The van der Waals surface area contributed by atoms with Crippen molar-refractivity contribution < 1.29 is 13.4 Å². The molecule has 0 saturated carbocycles. The Morgan fingerprint density at radius 1 is 1.29 bits per heavy atom. The lowest BCUT2D eigenvalue weighted by Gasteiger charge is -2.15. The number of nitrogens with zero attached hydrogens (tertiary/aromatic N) is 2. The third-order valence-electron chi connectivity index (χ3n) is 3.02. The first-order valence-corrected chi connectivity index (χ1v) is 5.30. The summed E-state index contributed by atoms with van der Waals surface area (Å²) in [6.45, 7) is 0.938. The molecule has 1 aliphatic rings. The zero-order valence-corrected chi connectivity index (χ0v) is 9.13. The maximum Gasteiger partial charge on any atom is 0.424 e. The van der Waals surface area contributed by atoms with E-state index in [1.54, 1.807) is 0 Å². The van der Waals surface area contributed by atoms with E-state index in [0.29, 0.717) is 5.76 Å². The summed E-state index contributed by atoms with van der Waals surface area (Å²) in [5.74, 6) is 0.445. The summed E-state index contributed by atoms with van der Waals surface area (Å²) in [6.07, 6.45) is 1.92.